The lowest BCUT2D eigenvalue weighted by Gasteiger charge is -2.20. The molecular weight excluding hydrogens is 328 g/mol. The normalized spacial score (nSPS) is 14.3. The Bertz CT molecular complexity index is 1160. The van der Waals surface area contributed by atoms with Crippen LogP contribution in [0.15, 0.2) is 78.9 Å². The molecule has 0 atom stereocenters. The van der Waals surface area contributed by atoms with Gasteiger partial charge >= 0.3 is 0 Å². The number of aryl methyl sites for hydroxylation is 1. The molecule has 0 fully saturated rings. The van der Waals surface area contributed by atoms with Gasteiger partial charge in [0.25, 0.3) is 0 Å². The Morgan fingerprint density at radius 2 is 1.31 bits per heavy atom. The minimum Gasteiger partial charge on any atom is -0.0616 e. The summed E-state index contributed by atoms with van der Waals surface area (Å²) in [5.74, 6) is 0. The van der Waals surface area contributed by atoms with Gasteiger partial charge in [0.1, 0.15) is 8.07 Å². The molecular formula is C25H22Si. The van der Waals surface area contributed by atoms with E-state index >= 15 is 0 Å². The fourth-order valence-corrected chi connectivity index (χ4v) is 7.67. The molecule has 0 radical (unpaired) electrons. The van der Waals surface area contributed by atoms with Gasteiger partial charge in [-0.05, 0) is 50.3 Å². The molecule has 0 aliphatic carbocycles. The molecule has 0 saturated carbocycles. The second-order valence-electron chi connectivity index (χ2n) is 7.96. The summed E-state index contributed by atoms with van der Waals surface area (Å²) in [5.41, 5.74) is 6.94. The molecule has 1 aliphatic heterocycles. The van der Waals surface area contributed by atoms with Crippen LogP contribution in [-0.2, 0) is 0 Å². The molecule has 0 bridgehead atoms. The molecule has 5 rings (SSSR count). The number of rotatable bonds is 1. The maximum absolute atomic E-state index is 2.49. The van der Waals surface area contributed by atoms with E-state index in [2.05, 4.69) is 98.9 Å². The molecule has 4 aromatic carbocycles. The van der Waals surface area contributed by atoms with E-state index in [0.29, 0.717) is 0 Å². The van der Waals surface area contributed by atoms with Crippen molar-refractivity contribution in [3.63, 3.8) is 0 Å². The predicted octanol–water partition coefficient (Wildman–Crippen LogP) is 5.62. The average molecular weight is 351 g/mol. The quantitative estimate of drug-likeness (QED) is 0.391. The van der Waals surface area contributed by atoms with Crippen LogP contribution >= 0.6 is 0 Å². The molecule has 0 amide bonds. The fraction of sp³-hybridized carbons (Fsp3) is 0.120. The molecule has 126 valence electrons. The second-order valence-corrected chi connectivity index (χ2v) is 12.3. The monoisotopic (exact) mass is 350 g/mol. The molecule has 0 saturated heterocycles. The van der Waals surface area contributed by atoms with Gasteiger partial charge in [0.05, 0.1) is 0 Å². The van der Waals surface area contributed by atoms with E-state index in [1.807, 2.05) is 0 Å². The second kappa shape index (κ2) is 5.42. The summed E-state index contributed by atoms with van der Waals surface area (Å²) < 4.78 is 0. The van der Waals surface area contributed by atoms with Crippen molar-refractivity contribution in [3.05, 3.63) is 84.4 Å². The third kappa shape index (κ3) is 2.14. The predicted molar refractivity (Wildman–Crippen MR) is 116 cm³/mol. The highest BCUT2D eigenvalue weighted by atomic mass is 28.3. The van der Waals surface area contributed by atoms with Crippen LogP contribution in [0.2, 0.25) is 13.1 Å². The first-order valence-electron chi connectivity index (χ1n) is 9.30. The molecule has 0 spiro atoms. The number of hydrogen-bond acceptors (Lipinski definition) is 0. The lowest BCUT2D eigenvalue weighted by molar-refractivity contribution is 1.49. The molecule has 4 aromatic rings. The van der Waals surface area contributed by atoms with Crippen molar-refractivity contribution < 1.29 is 0 Å². The van der Waals surface area contributed by atoms with Crippen LogP contribution in [0.25, 0.3) is 33.0 Å². The Labute approximate surface area is 156 Å². The van der Waals surface area contributed by atoms with E-state index in [4.69, 9.17) is 0 Å². The maximum Gasteiger partial charge on any atom is 0.113 e. The summed E-state index contributed by atoms with van der Waals surface area (Å²) in [7, 11) is -1.64. The van der Waals surface area contributed by atoms with E-state index in [-0.39, 0.29) is 0 Å². The molecule has 1 aliphatic rings. The van der Waals surface area contributed by atoms with Crippen LogP contribution in [0.5, 0.6) is 0 Å². The van der Waals surface area contributed by atoms with Crippen LogP contribution in [0, 0.1) is 6.92 Å². The zero-order valence-corrected chi connectivity index (χ0v) is 16.5. The van der Waals surface area contributed by atoms with Crippen molar-refractivity contribution >= 4 is 29.2 Å². The fourth-order valence-electron chi connectivity index (χ4n) is 4.50. The first-order valence-corrected chi connectivity index (χ1v) is 12.3. The summed E-state index contributed by atoms with van der Waals surface area (Å²) in [4.78, 5) is 0. The first kappa shape index (κ1) is 15.6. The van der Waals surface area contributed by atoms with E-state index in [0.717, 1.165) is 0 Å². The SMILES string of the molecule is Cc1ccc2c(c1)[Si](C)(C)c1cc(-c3cccc4ccccc34)ccc1-2. The zero-order chi connectivity index (χ0) is 17.9. The van der Waals surface area contributed by atoms with Gasteiger partial charge in [-0.1, -0.05) is 97.5 Å². The van der Waals surface area contributed by atoms with Crippen LogP contribution < -0.4 is 10.4 Å². The Morgan fingerprint density at radius 1 is 0.615 bits per heavy atom. The Hall–Kier alpha value is -2.64. The summed E-state index contributed by atoms with van der Waals surface area (Å²) in [6.45, 7) is 7.18. The van der Waals surface area contributed by atoms with E-state index in [1.165, 1.54) is 38.6 Å². The standard InChI is InChI=1S/C25H22Si/c1-17-11-13-22-23-14-12-19(16-25(23)26(2,3)24(22)15-17)21-10-6-8-18-7-4-5-9-20(18)21/h4-16H,1-3H3. The number of hydrogen-bond donors (Lipinski definition) is 0. The van der Waals surface area contributed by atoms with Crippen LogP contribution in [0.3, 0.4) is 0 Å². The van der Waals surface area contributed by atoms with Gasteiger partial charge < -0.3 is 0 Å². The van der Waals surface area contributed by atoms with Gasteiger partial charge in [0.15, 0.2) is 0 Å². The summed E-state index contributed by atoms with van der Waals surface area (Å²) in [5, 5.41) is 5.80. The van der Waals surface area contributed by atoms with Gasteiger partial charge in [0.2, 0.25) is 0 Å². The van der Waals surface area contributed by atoms with Crippen molar-refractivity contribution in [2.75, 3.05) is 0 Å². The van der Waals surface area contributed by atoms with Crippen molar-refractivity contribution in [2.24, 2.45) is 0 Å². The highest BCUT2D eigenvalue weighted by molar-refractivity contribution is 7.03. The number of benzene rings is 4. The van der Waals surface area contributed by atoms with Gasteiger partial charge in [-0.15, -0.1) is 0 Å². The van der Waals surface area contributed by atoms with E-state index in [1.54, 1.807) is 10.4 Å². The van der Waals surface area contributed by atoms with Crippen molar-refractivity contribution in [2.45, 2.75) is 20.0 Å². The third-order valence-corrected chi connectivity index (χ3v) is 9.45. The topological polar surface area (TPSA) is 0 Å². The van der Waals surface area contributed by atoms with Crippen LogP contribution in [0.1, 0.15) is 5.56 Å². The maximum atomic E-state index is 2.49. The molecule has 0 aromatic heterocycles. The molecule has 1 heterocycles. The molecule has 1 heteroatoms. The van der Waals surface area contributed by atoms with Gasteiger partial charge in [0, 0.05) is 0 Å². The highest BCUT2D eigenvalue weighted by Crippen LogP contribution is 2.33. The lowest BCUT2D eigenvalue weighted by atomic mass is 9.96. The molecule has 0 N–H and O–H groups in total. The Morgan fingerprint density at radius 3 is 2.15 bits per heavy atom. The van der Waals surface area contributed by atoms with Crippen molar-refractivity contribution in [1.82, 2.24) is 0 Å². The molecule has 0 unspecified atom stereocenters. The van der Waals surface area contributed by atoms with E-state index < -0.39 is 8.07 Å². The first-order chi connectivity index (χ1) is 12.6. The van der Waals surface area contributed by atoms with Gasteiger partial charge in [-0.3, -0.25) is 0 Å². The summed E-state index contributed by atoms with van der Waals surface area (Å²) in [6, 6.07) is 29.4. The largest absolute Gasteiger partial charge is 0.113 e. The zero-order valence-electron chi connectivity index (χ0n) is 15.5. The Balaban J connectivity index is 1.75. The van der Waals surface area contributed by atoms with Crippen molar-refractivity contribution in [3.8, 4) is 22.3 Å². The molecule has 0 nitrogen and oxygen atoms in total. The lowest BCUT2D eigenvalue weighted by Crippen LogP contribution is -2.49. The smallest absolute Gasteiger partial charge is 0.0616 e. The highest BCUT2D eigenvalue weighted by Gasteiger charge is 2.37. The summed E-state index contributed by atoms with van der Waals surface area (Å²) >= 11 is 0. The third-order valence-electron chi connectivity index (χ3n) is 5.93. The van der Waals surface area contributed by atoms with Crippen LogP contribution in [0.4, 0.5) is 0 Å². The number of fused-ring (bicyclic) bond motifs is 4. The average Bonchev–Trinajstić information content (AvgIpc) is 2.88. The molecule has 26 heavy (non-hydrogen) atoms. The van der Waals surface area contributed by atoms with Gasteiger partial charge in [-0.2, -0.15) is 0 Å². The van der Waals surface area contributed by atoms with Crippen molar-refractivity contribution in [1.29, 1.82) is 0 Å². The Kier molecular flexibility index (Phi) is 3.25. The van der Waals surface area contributed by atoms with Crippen LogP contribution in [-0.4, -0.2) is 8.07 Å². The van der Waals surface area contributed by atoms with Gasteiger partial charge in [-0.25, -0.2) is 0 Å². The van der Waals surface area contributed by atoms with E-state index in [9.17, 15) is 0 Å². The summed E-state index contributed by atoms with van der Waals surface area (Å²) in [6.07, 6.45) is 0. The minimum absolute atomic E-state index is 1.31. The minimum atomic E-state index is -1.64.